The first-order valence-electron chi connectivity index (χ1n) is 8.66. The number of nitrogens with zero attached hydrogens (tertiary/aromatic N) is 2. The molecule has 2 rings (SSSR count). The van der Waals surface area contributed by atoms with Crippen molar-refractivity contribution in [3.8, 4) is 0 Å². The molecule has 1 aliphatic heterocycles. The summed E-state index contributed by atoms with van der Waals surface area (Å²) in [6.45, 7) is 2.57. The molecule has 2 atom stereocenters. The molecule has 2 unspecified atom stereocenters. The molecule has 0 aliphatic carbocycles. The maximum atomic E-state index is 12.6. The number of rotatable bonds is 7. The van der Waals surface area contributed by atoms with E-state index in [4.69, 9.17) is 5.73 Å². The molecule has 1 heterocycles. The molecule has 0 radical (unpaired) electrons. The highest BCUT2D eigenvalue weighted by atomic mass is 19.4. The molecule has 25 heavy (non-hydrogen) atoms. The van der Waals surface area contributed by atoms with Gasteiger partial charge in [-0.25, -0.2) is 0 Å². The Kier molecular flexibility index (Phi) is 6.84. The minimum Gasteiger partial charge on any atom is -0.341 e. The third-order valence-electron chi connectivity index (χ3n) is 4.58. The monoisotopic (exact) mass is 357 g/mol. The molecule has 1 fully saturated rings. The number of likely N-dealkylation sites (tertiary alicyclic amines) is 1. The molecule has 1 aromatic carbocycles. The van der Waals surface area contributed by atoms with E-state index in [9.17, 15) is 18.0 Å². The first kappa shape index (κ1) is 19.7. The molecule has 1 aromatic rings. The second-order valence-electron chi connectivity index (χ2n) is 6.68. The number of halogens is 3. The lowest BCUT2D eigenvalue weighted by atomic mass is 10.1. The SMILES string of the molecule is CCN(CC1CCN(C(=O)C(N)Cc2ccccc2)C1)CC(F)(F)F. The van der Waals surface area contributed by atoms with E-state index in [1.54, 1.807) is 11.8 Å². The van der Waals surface area contributed by atoms with Gasteiger partial charge in [0, 0.05) is 19.6 Å². The van der Waals surface area contributed by atoms with Crippen LogP contribution in [0.15, 0.2) is 30.3 Å². The smallest absolute Gasteiger partial charge is 0.341 e. The van der Waals surface area contributed by atoms with Gasteiger partial charge in [0.2, 0.25) is 5.91 Å². The first-order chi connectivity index (χ1) is 11.8. The van der Waals surface area contributed by atoms with Gasteiger partial charge in [0.25, 0.3) is 0 Å². The van der Waals surface area contributed by atoms with Crippen molar-refractivity contribution in [3.05, 3.63) is 35.9 Å². The van der Waals surface area contributed by atoms with E-state index < -0.39 is 18.8 Å². The van der Waals surface area contributed by atoms with Crippen LogP contribution in [0.3, 0.4) is 0 Å². The van der Waals surface area contributed by atoms with E-state index >= 15 is 0 Å². The zero-order valence-corrected chi connectivity index (χ0v) is 14.5. The lowest BCUT2D eigenvalue weighted by Crippen LogP contribution is -2.44. The summed E-state index contributed by atoms with van der Waals surface area (Å²) in [7, 11) is 0. The van der Waals surface area contributed by atoms with Gasteiger partial charge in [0.15, 0.2) is 0 Å². The predicted octanol–water partition coefficient (Wildman–Crippen LogP) is 2.29. The van der Waals surface area contributed by atoms with Crippen LogP contribution in [0.5, 0.6) is 0 Å². The number of carbonyl (C=O) groups is 1. The molecule has 140 valence electrons. The van der Waals surface area contributed by atoms with Gasteiger partial charge >= 0.3 is 6.18 Å². The standard InChI is InChI=1S/C18H26F3N3O/c1-2-23(13-18(19,20)21)11-15-8-9-24(12-15)17(25)16(22)10-14-6-4-3-5-7-14/h3-7,15-16H,2,8-13,22H2,1H3. The molecule has 2 N–H and O–H groups in total. The summed E-state index contributed by atoms with van der Waals surface area (Å²) < 4.78 is 37.7. The van der Waals surface area contributed by atoms with Crippen LogP contribution in [-0.4, -0.2) is 60.6 Å². The highest BCUT2D eigenvalue weighted by Crippen LogP contribution is 2.22. The largest absolute Gasteiger partial charge is 0.401 e. The Morgan fingerprint density at radius 3 is 2.64 bits per heavy atom. The highest BCUT2D eigenvalue weighted by molar-refractivity contribution is 5.82. The average molecular weight is 357 g/mol. The van der Waals surface area contributed by atoms with E-state index in [2.05, 4.69) is 0 Å². The third kappa shape index (κ3) is 6.32. The Balaban J connectivity index is 1.83. The summed E-state index contributed by atoms with van der Waals surface area (Å²) in [5.74, 6) is -0.0552. The van der Waals surface area contributed by atoms with Gasteiger partial charge in [-0.3, -0.25) is 9.69 Å². The van der Waals surface area contributed by atoms with E-state index in [1.165, 1.54) is 4.90 Å². The summed E-state index contributed by atoms with van der Waals surface area (Å²) in [5.41, 5.74) is 7.04. The third-order valence-corrected chi connectivity index (χ3v) is 4.58. The van der Waals surface area contributed by atoms with Gasteiger partial charge < -0.3 is 10.6 Å². The molecule has 1 aliphatic rings. The zero-order valence-electron chi connectivity index (χ0n) is 14.5. The fourth-order valence-electron chi connectivity index (χ4n) is 3.30. The molecule has 1 saturated heterocycles. The van der Waals surface area contributed by atoms with E-state index in [-0.39, 0.29) is 11.8 Å². The van der Waals surface area contributed by atoms with Crippen LogP contribution in [0.1, 0.15) is 18.9 Å². The second-order valence-corrected chi connectivity index (χ2v) is 6.68. The van der Waals surface area contributed by atoms with Crippen LogP contribution in [0.4, 0.5) is 13.2 Å². The summed E-state index contributed by atoms with van der Waals surface area (Å²) in [4.78, 5) is 15.6. The van der Waals surface area contributed by atoms with Gasteiger partial charge in [-0.15, -0.1) is 0 Å². The summed E-state index contributed by atoms with van der Waals surface area (Å²) >= 11 is 0. The zero-order chi connectivity index (χ0) is 18.4. The van der Waals surface area contributed by atoms with Gasteiger partial charge in [-0.05, 0) is 30.9 Å². The molecule has 0 bridgehead atoms. The van der Waals surface area contributed by atoms with Crippen LogP contribution in [0, 0.1) is 5.92 Å². The van der Waals surface area contributed by atoms with Crippen molar-refractivity contribution in [1.29, 1.82) is 0 Å². The van der Waals surface area contributed by atoms with Crippen molar-refractivity contribution in [2.24, 2.45) is 11.7 Å². The summed E-state index contributed by atoms with van der Waals surface area (Å²) in [6, 6.07) is 8.95. The predicted molar refractivity (Wildman–Crippen MR) is 91.0 cm³/mol. The number of hydrogen-bond acceptors (Lipinski definition) is 3. The number of nitrogens with two attached hydrogens (primary N) is 1. The lowest BCUT2D eigenvalue weighted by Gasteiger charge is -2.25. The highest BCUT2D eigenvalue weighted by Gasteiger charge is 2.34. The Hall–Kier alpha value is -1.60. The van der Waals surface area contributed by atoms with Crippen molar-refractivity contribution in [3.63, 3.8) is 0 Å². The molecule has 0 aromatic heterocycles. The maximum absolute atomic E-state index is 12.6. The van der Waals surface area contributed by atoms with Gasteiger partial charge in [0.1, 0.15) is 0 Å². The molecule has 4 nitrogen and oxygen atoms in total. The van der Waals surface area contributed by atoms with E-state index in [0.29, 0.717) is 32.6 Å². The summed E-state index contributed by atoms with van der Waals surface area (Å²) in [5, 5.41) is 0. The Bertz CT molecular complexity index is 550. The van der Waals surface area contributed by atoms with Gasteiger partial charge in [-0.1, -0.05) is 37.3 Å². The molecule has 1 amide bonds. The molecular formula is C18H26F3N3O. The van der Waals surface area contributed by atoms with Crippen molar-refractivity contribution in [2.75, 3.05) is 32.7 Å². The minimum absolute atomic E-state index is 0.0650. The van der Waals surface area contributed by atoms with Crippen LogP contribution in [0.25, 0.3) is 0 Å². The van der Waals surface area contributed by atoms with Crippen LogP contribution in [0.2, 0.25) is 0 Å². The fraction of sp³-hybridized carbons (Fsp3) is 0.611. The number of alkyl halides is 3. The topological polar surface area (TPSA) is 49.6 Å². The Morgan fingerprint density at radius 1 is 1.36 bits per heavy atom. The quantitative estimate of drug-likeness (QED) is 0.815. The Labute approximate surface area is 146 Å². The number of amides is 1. The molecule has 7 heteroatoms. The number of hydrogen-bond donors (Lipinski definition) is 1. The number of benzene rings is 1. The molecule has 0 spiro atoms. The van der Waals surface area contributed by atoms with Crippen molar-refractivity contribution in [2.45, 2.75) is 32.0 Å². The van der Waals surface area contributed by atoms with Crippen LogP contribution < -0.4 is 5.73 Å². The number of carbonyl (C=O) groups excluding carboxylic acids is 1. The van der Waals surface area contributed by atoms with Gasteiger partial charge in [0.05, 0.1) is 12.6 Å². The minimum atomic E-state index is -4.19. The van der Waals surface area contributed by atoms with Crippen molar-refractivity contribution in [1.82, 2.24) is 9.80 Å². The summed E-state index contributed by atoms with van der Waals surface area (Å²) in [6.07, 6.45) is -3.00. The molecule has 0 saturated carbocycles. The fourth-order valence-corrected chi connectivity index (χ4v) is 3.30. The Morgan fingerprint density at radius 2 is 2.04 bits per heavy atom. The van der Waals surface area contributed by atoms with Crippen molar-refractivity contribution >= 4 is 5.91 Å². The lowest BCUT2D eigenvalue weighted by molar-refractivity contribution is -0.146. The van der Waals surface area contributed by atoms with Crippen LogP contribution >= 0.6 is 0 Å². The molecular weight excluding hydrogens is 331 g/mol. The van der Waals surface area contributed by atoms with E-state index in [0.717, 1.165) is 12.0 Å². The maximum Gasteiger partial charge on any atom is 0.401 e. The van der Waals surface area contributed by atoms with Crippen LogP contribution in [-0.2, 0) is 11.2 Å². The normalized spacial score (nSPS) is 19.4. The van der Waals surface area contributed by atoms with E-state index in [1.807, 2.05) is 30.3 Å². The average Bonchev–Trinajstić information content (AvgIpc) is 3.01. The first-order valence-corrected chi connectivity index (χ1v) is 8.66. The second kappa shape index (κ2) is 8.67. The van der Waals surface area contributed by atoms with Crippen molar-refractivity contribution < 1.29 is 18.0 Å². The van der Waals surface area contributed by atoms with Gasteiger partial charge in [-0.2, -0.15) is 13.2 Å².